The summed E-state index contributed by atoms with van der Waals surface area (Å²) in [5.74, 6) is 1.89. The average Bonchev–Trinajstić information content (AvgIpc) is 2.19. The summed E-state index contributed by atoms with van der Waals surface area (Å²) in [4.78, 5) is 0. The van der Waals surface area contributed by atoms with E-state index in [1.54, 1.807) is 0 Å². The first kappa shape index (κ1) is 9.47. The molecule has 0 spiro atoms. The van der Waals surface area contributed by atoms with Crippen LogP contribution in [0.3, 0.4) is 0 Å². The molecule has 2 heteroatoms. The van der Waals surface area contributed by atoms with Crippen LogP contribution < -0.4 is 10.6 Å². The Labute approximate surface area is 81.5 Å². The van der Waals surface area contributed by atoms with Crippen LogP contribution in [0.1, 0.15) is 32.6 Å². The normalized spacial score (nSPS) is 37.6. The van der Waals surface area contributed by atoms with Crippen molar-refractivity contribution in [3.8, 4) is 0 Å². The lowest BCUT2D eigenvalue weighted by molar-refractivity contribution is 0.211. The second kappa shape index (κ2) is 4.43. The predicted octanol–water partition coefficient (Wildman–Crippen LogP) is 1.37. The molecule has 2 unspecified atom stereocenters. The third-order valence-corrected chi connectivity index (χ3v) is 3.65. The van der Waals surface area contributed by atoms with Gasteiger partial charge >= 0.3 is 0 Å². The minimum absolute atomic E-state index is 0.825. The third-order valence-electron chi connectivity index (χ3n) is 3.65. The van der Waals surface area contributed by atoms with Crippen LogP contribution in [0, 0.1) is 11.8 Å². The Kier molecular flexibility index (Phi) is 3.23. The van der Waals surface area contributed by atoms with Crippen molar-refractivity contribution in [1.82, 2.24) is 10.6 Å². The van der Waals surface area contributed by atoms with Gasteiger partial charge in [0.2, 0.25) is 0 Å². The monoisotopic (exact) mass is 182 g/mol. The van der Waals surface area contributed by atoms with Gasteiger partial charge in [-0.1, -0.05) is 6.92 Å². The minimum Gasteiger partial charge on any atom is -0.317 e. The van der Waals surface area contributed by atoms with E-state index in [2.05, 4.69) is 17.6 Å². The molecule has 2 aliphatic heterocycles. The quantitative estimate of drug-likeness (QED) is 0.640. The molecule has 2 heterocycles. The van der Waals surface area contributed by atoms with E-state index in [1.165, 1.54) is 45.3 Å². The van der Waals surface area contributed by atoms with Crippen molar-refractivity contribution >= 4 is 0 Å². The minimum atomic E-state index is 0.825. The molecule has 2 nitrogen and oxygen atoms in total. The average molecular weight is 182 g/mol. The second-order valence-corrected chi connectivity index (χ2v) is 4.78. The van der Waals surface area contributed by atoms with E-state index in [4.69, 9.17) is 0 Å². The summed E-state index contributed by atoms with van der Waals surface area (Å²) in [7, 11) is 0. The Balaban J connectivity index is 1.83. The molecule has 2 aliphatic rings. The molecule has 2 rings (SSSR count). The lowest BCUT2D eigenvalue weighted by Crippen LogP contribution is -2.46. The van der Waals surface area contributed by atoms with Gasteiger partial charge < -0.3 is 10.6 Å². The van der Waals surface area contributed by atoms with Gasteiger partial charge in [-0.25, -0.2) is 0 Å². The Morgan fingerprint density at radius 3 is 2.46 bits per heavy atom. The van der Waals surface area contributed by atoms with Crippen molar-refractivity contribution in [3.05, 3.63) is 0 Å². The molecule has 13 heavy (non-hydrogen) atoms. The highest BCUT2D eigenvalue weighted by atomic mass is 14.9. The highest BCUT2D eigenvalue weighted by Crippen LogP contribution is 2.25. The van der Waals surface area contributed by atoms with Gasteiger partial charge in [0.25, 0.3) is 0 Å². The fourth-order valence-corrected chi connectivity index (χ4v) is 2.76. The molecule has 0 aromatic carbocycles. The molecule has 2 N–H and O–H groups in total. The molecular formula is C11H22N2. The first-order valence-electron chi connectivity index (χ1n) is 5.80. The second-order valence-electron chi connectivity index (χ2n) is 4.78. The van der Waals surface area contributed by atoms with Crippen LogP contribution in [-0.4, -0.2) is 25.7 Å². The van der Waals surface area contributed by atoms with Crippen LogP contribution in [-0.2, 0) is 0 Å². The molecule has 0 aliphatic carbocycles. The zero-order valence-corrected chi connectivity index (χ0v) is 8.68. The molecule has 2 atom stereocenters. The first-order chi connectivity index (χ1) is 6.36. The molecule has 0 radical (unpaired) electrons. The van der Waals surface area contributed by atoms with E-state index in [9.17, 15) is 0 Å². The van der Waals surface area contributed by atoms with Gasteiger partial charge in [-0.15, -0.1) is 0 Å². The van der Waals surface area contributed by atoms with Crippen molar-refractivity contribution in [3.63, 3.8) is 0 Å². The van der Waals surface area contributed by atoms with Gasteiger partial charge in [0.1, 0.15) is 0 Å². The van der Waals surface area contributed by atoms with Gasteiger partial charge in [-0.05, 0) is 57.2 Å². The zero-order valence-electron chi connectivity index (χ0n) is 8.68. The molecule has 0 aromatic rings. The van der Waals surface area contributed by atoms with Crippen molar-refractivity contribution < 1.29 is 0 Å². The zero-order chi connectivity index (χ0) is 9.10. The predicted molar refractivity (Wildman–Crippen MR) is 55.8 cm³/mol. The van der Waals surface area contributed by atoms with Gasteiger partial charge in [0.05, 0.1) is 0 Å². The van der Waals surface area contributed by atoms with E-state index in [0.29, 0.717) is 0 Å². The van der Waals surface area contributed by atoms with E-state index in [-0.39, 0.29) is 0 Å². The molecule has 0 aromatic heterocycles. The smallest absolute Gasteiger partial charge is 0.00988 e. The molecule has 0 bridgehead atoms. The molecule has 0 amide bonds. The van der Waals surface area contributed by atoms with Gasteiger partial charge in [-0.3, -0.25) is 0 Å². The molecule has 2 saturated heterocycles. The summed E-state index contributed by atoms with van der Waals surface area (Å²) in [6, 6.07) is 0.825. The Bertz CT molecular complexity index is 152. The first-order valence-corrected chi connectivity index (χ1v) is 5.80. The topological polar surface area (TPSA) is 24.1 Å². The summed E-state index contributed by atoms with van der Waals surface area (Å²) >= 11 is 0. The molecular weight excluding hydrogens is 160 g/mol. The van der Waals surface area contributed by atoms with Crippen molar-refractivity contribution in [2.24, 2.45) is 11.8 Å². The van der Waals surface area contributed by atoms with Gasteiger partial charge in [0.15, 0.2) is 0 Å². The summed E-state index contributed by atoms with van der Waals surface area (Å²) in [5.41, 5.74) is 0. The number of nitrogens with one attached hydrogen (secondary N) is 2. The summed E-state index contributed by atoms with van der Waals surface area (Å²) < 4.78 is 0. The fraction of sp³-hybridized carbons (Fsp3) is 1.00. The van der Waals surface area contributed by atoms with Crippen molar-refractivity contribution in [2.45, 2.75) is 38.6 Å². The lowest BCUT2D eigenvalue weighted by atomic mass is 9.82. The number of hydrogen-bond acceptors (Lipinski definition) is 2. The summed E-state index contributed by atoms with van der Waals surface area (Å²) in [6.45, 7) is 6.11. The van der Waals surface area contributed by atoms with E-state index >= 15 is 0 Å². The van der Waals surface area contributed by atoms with Crippen LogP contribution in [0.2, 0.25) is 0 Å². The van der Waals surface area contributed by atoms with Gasteiger partial charge in [0, 0.05) is 6.04 Å². The number of rotatable bonds is 1. The Morgan fingerprint density at radius 2 is 1.77 bits per heavy atom. The molecule has 2 fully saturated rings. The van der Waals surface area contributed by atoms with Crippen LogP contribution >= 0.6 is 0 Å². The van der Waals surface area contributed by atoms with Crippen molar-refractivity contribution in [2.75, 3.05) is 19.6 Å². The maximum Gasteiger partial charge on any atom is 0.00988 e. The highest BCUT2D eigenvalue weighted by Gasteiger charge is 2.26. The molecule has 0 saturated carbocycles. The van der Waals surface area contributed by atoms with Crippen molar-refractivity contribution in [1.29, 1.82) is 0 Å². The fourth-order valence-electron chi connectivity index (χ4n) is 2.76. The largest absolute Gasteiger partial charge is 0.317 e. The summed E-state index contributed by atoms with van der Waals surface area (Å²) in [6.07, 6.45) is 5.54. The SMILES string of the molecule is CC1CCNC(C2CCNCC2)C1. The maximum absolute atomic E-state index is 3.69. The highest BCUT2D eigenvalue weighted by molar-refractivity contribution is 4.84. The Hall–Kier alpha value is -0.0800. The maximum atomic E-state index is 3.69. The number of hydrogen-bond donors (Lipinski definition) is 2. The van der Waals surface area contributed by atoms with Gasteiger partial charge in [-0.2, -0.15) is 0 Å². The van der Waals surface area contributed by atoms with Crippen LogP contribution in [0.25, 0.3) is 0 Å². The Morgan fingerprint density at radius 1 is 1.00 bits per heavy atom. The van der Waals surface area contributed by atoms with E-state index < -0.39 is 0 Å². The third kappa shape index (κ3) is 2.44. The van der Waals surface area contributed by atoms with Crippen LogP contribution in [0.5, 0.6) is 0 Å². The van der Waals surface area contributed by atoms with E-state index in [1.807, 2.05) is 0 Å². The van der Waals surface area contributed by atoms with Crippen LogP contribution in [0.4, 0.5) is 0 Å². The standard InChI is InChI=1S/C11H22N2/c1-9-2-7-13-11(8-9)10-3-5-12-6-4-10/h9-13H,2-8H2,1H3. The lowest BCUT2D eigenvalue weighted by Gasteiger charge is -2.36. The number of piperidine rings is 2. The summed E-state index contributed by atoms with van der Waals surface area (Å²) in [5, 5.41) is 7.13. The van der Waals surface area contributed by atoms with Crippen LogP contribution in [0.15, 0.2) is 0 Å². The molecule has 76 valence electrons. The van der Waals surface area contributed by atoms with E-state index in [0.717, 1.165) is 17.9 Å².